The van der Waals surface area contributed by atoms with Gasteiger partial charge in [0.25, 0.3) is 0 Å². The SMILES string of the molecule is CC(C)C(N)C(O)c1cncc(Br)c1. The van der Waals surface area contributed by atoms with Gasteiger partial charge in [0.1, 0.15) is 0 Å². The lowest BCUT2D eigenvalue weighted by atomic mass is 9.95. The van der Waals surface area contributed by atoms with Crippen LogP contribution in [0.3, 0.4) is 0 Å². The summed E-state index contributed by atoms with van der Waals surface area (Å²) in [6.45, 7) is 3.97. The number of hydrogen-bond acceptors (Lipinski definition) is 3. The second-order valence-electron chi connectivity index (χ2n) is 3.70. The number of aliphatic hydroxyl groups is 1. The average molecular weight is 259 g/mol. The number of rotatable bonds is 3. The van der Waals surface area contributed by atoms with Crippen molar-refractivity contribution in [2.75, 3.05) is 0 Å². The van der Waals surface area contributed by atoms with E-state index < -0.39 is 6.10 Å². The molecule has 0 aliphatic carbocycles. The standard InChI is InChI=1S/C10H15BrN2O/c1-6(2)9(12)10(14)7-3-8(11)5-13-4-7/h3-6,9-10,14H,12H2,1-2H3. The Labute approximate surface area is 92.5 Å². The first-order valence-corrected chi connectivity index (χ1v) is 5.35. The van der Waals surface area contributed by atoms with Gasteiger partial charge >= 0.3 is 0 Å². The van der Waals surface area contributed by atoms with Crippen molar-refractivity contribution in [2.24, 2.45) is 11.7 Å². The molecule has 14 heavy (non-hydrogen) atoms. The van der Waals surface area contributed by atoms with Crippen LogP contribution in [0.25, 0.3) is 0 Å². The molecule has 2 atom stereocenters. The minimum atomic E-state index is -0.653. The Morgan fingerprint density at radius 1 is 1.43 bits per heavy atom. The number of hydrogen-bond donors (Lipinski definition) is 2. The van der Waals surface area contributed by atoms with Crippen LogP contribution in [-0.4, -0.2) is 16.1 Å². The zero-order valence-corrected chi connectivity index (χ0v) is 9.90. The first-order chi connectivity index (χ1) is 6.52. The molecule has 1 heterocycles. The molecule has 1 aromatic rings. The van der Waals surface area contributed by atoms with Crippen molar-refractivity contribution in [3.63, 3.8) is 0 Å². The summed E-state index contributed by atoms with van der Waals surface area (Å²) in [5, 5.41) is 9.90. The Kier molecular flexibility index (Phi) is 4.04. The van der Waals surface area contributed by atoms with E-state index in [9.17, 15) is 5.11 Å². The van der Waals surface area contributed by atoms with Gasteiger partial charge < -0.3 is 10.8 Å². The summed E-state index contributed by atoms with van der Waals surface area (Å²) in [6, 6.07) is 1.57. The molecular weight excluding hydrogens is 244 g/mol. The highest BCUT2D eigenvalue weighted by atomic mass is 79.9. The normalized spacial score (nSPS) is 15.6. The fraction of sp³-hybridized carbons (Fsp3) is 0.500. The van der Waals surface area contributed by atoms with Crippen LogP contribution in [-0.2, 0) is 0 Å². The van der Waals surface area contributed by atoms with E-state index in [2.05, 4.69) is 20.9 Å². The first-order valence-electron chi connectivity index (χ1n) is 4.56. The molecule has 0 aliphatic rings. The molecule has 0 aromatic carbocycles. The van der Waals surface area contributed by atoms with Crippen LogP contribution in [0.2, 0.25) is 0 Å². The third-order valence-corrected chi connectivity index (χ3v) is 2.64. The molecule has 78 valence electrons. The van der Waals surface area contributed by atoms with Crippen molar-refractivity contribution in [1.29, 1.82) is 0 Å². The van der Waals surface area contributed by atoms with Gasteiger partial charge in [0.2, 0.25) is 0 Å². The maximum absolute atomic E-state index is 9.90. The molecule has 0 spiro atoms. The van der Waals surface area contributed by atoms with Gasteiger partial charge in [0.05, 0.1) is 6.10 Å². The van der Waals surface area contributed by atoms with Gasteiger partial charge in [-0.2, -0.15) is 0 Å². The molecule has 4 heteroatoms. The molecule has 0 fully saturated rings. The van der Waals surface area contributed by atoms with Crippen molar-refractivity contribution < 1.29 is 5.11 Å². The number of aliphatic hydroxyl groups excluding tert-OH is 1. The zero-order valence-electron chi connectivity index (χ0n) is 8.31. The van der Waals surface area contributed by atoms with Crippen LogP contribution in [0.15, 0.2) is 22.9 Å². The van der Waals surface area contributed by atoms with Gasteiger partial charge in [-0.3, -0.25) is 4.98 Å². The Bertz CT molecular complexity index is 304. The number of nitrogens with two attached hydrogens (primary N) is 1. The van der Waals surface area contributed by atoms with E-state index >= 15 is 0 Å². The fourth-order valence-corrected chi connectivity index (χ4v) is 1.56. The lowest BCUT2D eigenvalue weighted by molar-refractivity contribution is 0.125. The second kappa shape index (κ2) is 4.87. The lowest BCUT2D eigenvalue weighted by Crippen LogP contribution is -2.33. The fourth-order valence-electron chi connectivity index (χ4n) is 1.18. The van der Waals surface area contributed by atoms with Crippen molar-refractivity contribution in [2.45, 2.75) is 26.0 Å². The molecule has 2 unspecified atom stereocenters. The molecule has 1 rings (SSSR count). The number of halogens is 1. The lowest BCUT2D eigenvalue weighted by Gasteiger charge is -2.22. The largest absolute Gasteiger partial charge is 0.387 e. The van der Waals surface area contributed by atoms with Crippen LogP contribution < -0.4 is 5.73 Å². The van der Waals surface area contributed by atoms with Crippen molar-refractivity contribution >= 4 is 15.9 Å². The summed E-state index contributed by atoms with van der Waals surface area (Å²) < 4.78 is 0.852. The monoisotopic (exact) mass is 258 g/mol. The van der Waals surface area contributed by atoms with E-state index in [1.807, 2.05) is 19.9 Å². The smallest absolute Gasteiger partial charge is 0.0958 e. The second-order valence-corrected chi connectivity index (χ2v) is 4.62. The molecule has 0 saturated carbocycles. The Hall–Kier alpha value is -0.450. The van der Waals surface area contributed by atoms with E-state index in [1.54, 1.807) is 12.4 Å². The van der Waals surface area contributed by atoms with E-state index in [1.165, 1.54) is 0 Å². The van der Waals surface area contributed by atoms with Crippen LogP contribution in [0.1, 0.15) is 25.5 Å². The summed E-state index contributed by atoms with van der Waals surface area (Å²) in [6.07, 6.45) is 2.66. The number of nitrogens with zero attached hydrogens (tertiary/aromatic N) is 1. The average Bonchev–Trinajstić information content (AvgIpc) is 2.15. The molecule has 0 saturated heterocycles. The van der Waals surface area contributed by atoms with Crippen LogP contribution in [0, 0.1) is 5.92 Å². The van der Waals surface area contributed by atoms with Gasteiger partial charge in [-0.25, -0.2) is 0 Å². The summed E-state index contributed by atoms with van der Waals surface area (Å²) in [5.41, 5.74) is 6.60. The Morgan fingerprint density at radius 3 is 2.57 bits per heavy atom. The molecule has 3 N–H and O–H groups in total. The minimum absolute atomic E-state index is 0.240. The molecule has 1 aromatic heterocycles. The maximum atomic E-state index is 9.90. The molecule has 0 amide bonds. The van der Waals surface area contributed by atoms with Gasteiger partial charge in [-0.1, -0.05) is 13.8 Å². The summed E-state index contributed by atoms with van der Waals surface area (Å²) >= 11 is 3.30. The molecule has 0 radical (unpaired) electrons. The van der Waals surface area contributed by atoms with Gasteiger partial charge in [-0.05, 0) is 27.9 Å². The minimum Gasteiger partial charge on any atom is -0.387 e. The number of aromatic nitrogens is 1. The zero-order chi connectivity index (χ0) is 10.7. The quantitative estimate of drug-likeness (QED) is 0.871. The topological polar surface area (TPSA) is 59.1 Å². The van der Waals surface area contributed by atoms with E-state index in [0.717, 1.165) is 10.0 Å². The Morgan fingerprint density at radius 2 is 2.07 bits per heavy atom. The van der Waals surface area contributed by atoms with Crippen LogP contribution in [0.5, 0.6) is 0 Å². The predicted octanol–water partition coefficient (Wildman–Crippen LogP) is 1.86. The third-order valence-electron chi connectivity index (χ3n) is 2.20. The van der Waals surface area contributed by atoms with E-state index in [0.29, 0.717) is 0 Å². The van der Waals surface area contributed by atoms with Gasteiger partial charge in [0, 0.05) is 28.5 Å². The van der Waals surface area contributed by atoms with Crippen molar-refractivity contribution in [3.05, 3.63) is 28.5 Å². The van der Waals surface area contributed by atoms with Crippen LogP contribution >= 0.6 is 15.9 Å². The summed E-state index contributed by atoms with van der Waals surface area (Å²) in [4.78, 5) is 3.98. The summed E-state index contributed by atoms with van der Waals surface area (Å²) in [7, 11) is 0. The Balaban J connectivity index is 2.83. The van der Waals surface area contributed by atoms with Crippen molar-refractivity contribution in [3.8, 4) is 0 Å². The highest BCUT2D eigenvalue weighted by Gasteiger charge is 2.20. The first kappa shape index (κ1) is 11.6. The maximum Gasteiger partial charge on any atom is 0.0958 e. The predicted molar refractivity (Wildman–Crippen MR) is 59.7 cm³/mol. The van der Waals surface area contributed by atoms with E-state index in [4.69, 9.17) is 5.73 Å². The molecular formula is C10H15BrN2O. The third kappa shape index (κ3) is 2.77. The van der Waals surface area contributed by atoms with Crippen molar-refractivity contribution in [1.82, 2.24) is 4.98 Å². The van der Waals surface area contributed by atoms with Gasteiger partial charge in [0.15, 0.2) is 0 Å². The highest BCUT2D eigenvalue weighted by Crippen LogP contribution is 2.21. The molecule has 0 aliphatic heterocycles. The summed E-state index contributed by atoms with van der Waals surface area (Å²) in [5.74, 6) is 0.240. The highest BCUT2D eigenvalue weighted by molar-refractivity contribution is 9.10. The van der Waals surface area contributed by atoms with E-state index in [-0.39, 0.29) is 12.0 Å². The number of pyridine rings is 1. The molecule has 0 bridgehead atoms. The molecule has 3 nitrogen and oxygen atoms in total. The van der Waals surface area contributed by atoms with Gasteiger partial charge in [-0.15, -0.1) is 0 Å². The van der Waals surface area contributed by atoms with Crippen LogP contribution in [0.4, 0.5) is 0 Å².